The number of ketones is 2. The van der Waals surface area contributed by atoms with Gasteiger partial charge in [0.2, 0.25) is 11.7 Å². The molecule has 0 spiro atoms. The number of allylic oxidation sites excluding steroid dienone is 3. The van der Waals surface area contributed by atoms with E-state index in [0.29, 0.717) is 121 Å². The minimum absolute atomic E-state index is 0.0152. The zero-order chi connectivity index (χ0) is 63.7. The predicted octanol–water partition coefficient (Wildman–Crippen LogP) is 7.24. The number of hydrogen-bond acceptors (Lipinski definition) is 20. The average Bonchev–Trinajstić information content (AvgIpc) is 0.969. The predicted molar refractivity (Wildman–Crippen MR) is 331 cm³/mol. The van der Waals surface area contributed by atoms with Crippen molar-refractivity contribution in [2.75, 3.05) is 55.4 Å². The maximum absolute atomic E-state index is 14.7. The Hall–Kier alpha value is -6.05. The monoisotopic (exact) mass is 1260 g/mol. The fraction of sp³-hybridized carbons (Fsp3) is 0.625. The zero-order valence-corrected chi connectivity index (χ0v) is 53.3. The van der Waals surface area contributed by atoms with Gasteiger partial charge in [-0.25, -0.2) is 19.7 Å². The summed E-state index contributed by atoms with van der Waals surface area (Å²) in [6.07, 6.45) is 3.01. The van der Waals surface area contributed by atoms with Crippen LogP contribution in [0.25, 0.3) is 0 Å². The van der Waals surface area contributed by atoms with Crippen LogP contribution in [0.2, 0.25) is 5.02 Å². The number of aliphatic hydroxyl groups is 4. The lowest BCUT2D eigenvalue weighted by atomic mass is 9.78. The summed E-state index contributed by atoms with van der Waals surface area (Å²) in [5.41, 5.74) is 2.71. The Balaban J connectivity index is 0.972. The number of cyclic esters (lactones) is 1. The van der Waals surface area contributed by atoms with E-state index >= 15 is 0 Å². The minimum Gasteiger partial charge on any atom is -0.456 e. The molecule has 88 heavy (non-hydrogen) atoms. The number of piperazine rings is 1. The topological polar surface area (TPSA) is 301 Å². The number of aliphatic hydroxyl groups excluding tert-OH is 3. The molecule has 4 aliphatic heterocycles. The van der Waals surface area contributed by atoms with E-state index in [1.165, 1.54) is 20.2 Å². The summed E-state index contributed by atoms with van der Waals surface area (Å²) >= 11 is 7.50. The second-order valence-corrected chi connectivity index (χ2v) is 26.5. The fourth-order valence-corrected chi connectivity index (χ4v) is 14.2. The van der Waals surface area contributed by atoms with Crippen LogP contribution in [0.5, 0.6) is 0 Å². The quantitative estimate of drug-likeness (QED) is 0.0425. The van der Waals surface area contributed by atoms with E-state index in [-0.39, 0.29) is 74.5 Å². The Morgan fingerprint density at radius 2 is 1.68 bits per heavy atom. The first kappa shape index (κ1) is 67.9. The molecule has 22 nitrogen and oxygen atoms in total. The van der Waals surface area contributed by atoms with Gasteiger partial charge in [0.25, 0.3) is 17.6 Å². The van der Waals surface area contributed by atoms with Crippen LogP contribution in [-0.4, -0.2) is 175 Å². The number of amides is 3. The number of halogens is 1. The Morgan fingerprint density at radius 1 is 0.932 bits per heavy atom. The number of fused-ring (bicyclic) bond motifs is 3. The van der Waals surface area contributed by atoms with Gasteiger partial charge in [0.05, 0.1) is 47.4 Å². The van der Waals surface area contributed by atoms with Crippen LogP contribution >= 0.6 is 22.9 Å². The van der Waals surface area contributed by atoms with Gasteiger partial charge in [-0.2, -0.15) is 0 Å². The van der Waals surface area contributed by atoms with E-state index < -0.39 is 89.8 Å². The molecule has 8 rings (SSSR count). The Labute approximate surface area is 523 Å². The summed E-state index contributed by atoms with van der Waals surface area (Å²) in [4.78, 5) is 117. The Morgan fingerprint density at radius 3 is 2.40 bits per heavy atom. The number of ether oxygens (including phenoxy) is 3. The van der Waals surface area contributed by atoms with E-state index in [2.05, 4.69) is 30.5 Å². The summed E-state index contributed by atoms with van der Waals surface area (Å²) in [6.45, 7) is 14.1. The number of thiazole rings is 1. The van der Waals surface area contributed by atoms with Crippen LogP contribution in [-0.2, 0) is 43.0 Å². The summed E-state index contributed by atoms with van der Waals surface area (Å²) in [7, 11) is 1.53. The first-order valence-electron chi connectivity index (χ1n) is 30.9. The largest absolute Gasteiger partial charge is 0.456 e. The molecule has 480 valence electrons. The van der Waals surface area contributed by atoms with Gasteiger partial charge >= 0.3 is 5.97 Å². The summed E-state index contributed by atoms with van der Waals surface area (Å²) in [5, 5.41) is 53.5. The van der Waals surface area contributed by atoms with Crippen molar-refractivity contribution >= 4 is 86.9 Å². The number of aldehydes is 1. The molecule has 4 fully saturated rings. The summed E-state index contributed by atoms with van der Waals surface area (Å²) < 4.78 is 18.0. The molecule has 3 amide bonds. The van der Waals surface area contributed by atoms with Gasteiger partial charge in [0.1, 0.15) is 46.6 Å². The highest BCUT2D eigenvalue weighted by Gasteiger charge is 2.56. The first-order valence-corrected chi connectivity index (χ1v) is 32.1. The molecule has 1 aromatic carbocycles. The van der Waals surface area contributed by atoms with Crippen LogP contribution in [0.1, 0.15) is 139 Å². The van der Waals surface area contributed by atoms with Crippen LogP contribution in [0.15, 0.2) is 53.8 Å². The highest BCUT2D eigenvalue weighted by Crippen LogP contribution is 2.40. The third-order valence-corrected chi connectivity index (χ3v) is 19.5. The maximum atomic E-state index is 14.7. The number of piperidine rings is 1. The van der Waals surface area contributed by atoms with Gasteiger partial charge < -0.3 is 64.8 Å². The highest BCUT2D eigenvalue weighted by molar-refractivity contribution is 7.17. The second-order valence-electron chi connectivity index (χ2n) is 25.0. The molecule has 6 heterocycles. The van der Waals surface area contributed by atoms with E-state index in [9.17, 15) is 54.0 Å². The fourth-order valence-electron chi connectivity index (χ4n) is 13.2. The molecule has 2 aromatic heterocycles. The molecule has 2 bridgehead atoms. The van der Waals surface area contributed by atoms with E-state index in [0.717, 1.165) is 27.4 Å². The van der Waals surface area contributed by atoms with Crippen LogP contribution in [0, 0.1) is 49.4 Å². The number of para-hydroxylation sites is 1. The zero-order valence-electron chi connectivity index (χ0n) is 51.7. The Bertz CT molecular complexity index is 3060. The summed E-state index contributed by atoms with van der Waals surface area (Å²) in [5.74, 6) is -9.16. The van der Waals surface area contributed by atoms with Crippen molar-refractivity contribution in [1.82, 2.24) is 24.8 Å². The number of carbonyl (C=O) groups is 7. The van der Waals surface area contributed by atoms with Crippen molar-refractivity contribution in [3.63, 3.8) is 0 Å². The van der Waals surface area contributed by atoms with Gasteiger partial charge in [-0.15, -0.1) is 0 Å². The molecule has 0 unspecified atom stereocenters. The smallest absolute Gasteiger partial charge is 0.329 e. The number of nitrogens with one attached hydrogen (secondary N) is 2. The van der Waals surface area contributed by atoms with Gasteiger partial charge in [-0.1, -0.05) is 73.6 Å². The molecule has 6 N–H and O–H groups in total. The SMILES string of the molecule is CO[C@@H]1C[C@H](/C=C(\C)[C@H]2OC(=O)[C@@H]3CCCCN3C(=O)C(=O)[C@]3(O)O[C@H]([C@@H](O)C[C@@H](C)C/C(C)=C/[C@@H](CCCC(=O)N4CCN(c5cc(Nc6ncc(C(=O)Nc7c(C)cccc7Cl)s6)nc(C)n5)CC4)C(=O)C[C@H](O)[C@H]2C)[C@@H](C=O)C[C@H]3C)CC[C@H]1O. The number of aryl methyl sites for hydroxylation is 2. The normalized spacial score (nSPS) is 31.6. The van der Waals surface area contributed by atoms with E-state index in [1.807, 2.05) is 45.1 Å². The third-order valence-electron chi connectivity index (χ3n) is 18.3. The number of hydrogen-bond donors (Lipinski definition) is 6. The van der Waals surface area contributed by atoms with E-state index in [1.54, 1.807) is 37.8 Å². The highest BCUT2D eigenvalue weighted by atomic mass is 35.5. The lowest BCUT2D eigenvalue weighted by molar-refractivity contribution is -0.286. The molecule has 0 radical (unpaired) electrons. The number of benzene rings is 1. The van der Waals surface area contributed by atoms with Crippen molar-refractivity contribution in [3.05, 3.63) is 75.0 Å². The van der Waals surface area contributed by atoms with Gasteiger partial charge in [-0.05, 0) is 127 Å². The minimum atomic E-state index is -2.73. The number of Topliss-reactive ketones (excluding diaryl/α,β-unsaturated/α-hetero) is 2. The van der Waals surface area contributed by atoms with Gasteiger partial charge in [-0.3, -0.25) is 24.0 Å². The molecular formula is C64H87ClN8O14S. The second kappa shape index (κ2) is 30.2. The summed E-state index contributed by atoms with van der Waals surface area (Å²) in [6, 6.07) is 5.90. The molecule has 3 aromatic rings. The standard InChI is InChI=1S/C64H87ClN8O14S/c1-35-25-36(2)27-50(78)58-44(34-74)29-39(5)64(84,87-58)59(80)61(82)73-20-10-9-16-46(73)62(83)86-57(38(4)28-42-18-19-47(75)51(30-42)85-8)40(6)48(76)31-49(77)43(26-35)14-12-17-55(79)72-23-21-71(22-24-72)54-32-53(67-41(7)68-54)69-63-66-33-52(88-63)60(81)70-56-37(3)13-11-15-45(56)65/h11,13,15,26,28,32-34,36,39-40,42-44,46-48,50-51,57-58,75-76,78,84H,9-10,12,14,16-25,27,29-31H2,1-8H3,(H,70,81)(H,66,67,68,69)/b35-26+,38-28+/t36-,39+,40+,42-,43+,44+,46-,47+,48-,50-,51+,57+,58-,64+/m0/s1. The molecule has 5 aliphatic rings. The van der Waals surface area contributed by atoms with Crippen LogP contribution in [0.4, 0.5) is 22.5 Å². The number of carbonyl (C=O) groups excluding carboxylic acids is 7. The number of methoxy groups -OCH3 is 1. The number of esters is 1. The van der Waals surface area contributed by atoms with Crippen molar-refractivity contribution in [3.8, 4) is 0 Å². The molecular weight excluding hydrogens is 1170 g/mol. The maximum Gasteiger partial charge on any atom is 0.329 e. The molecule has 24 heteroatoms. The number of anilines is 4. The average molecular weight is 1260 g/mol. The molecule has 1 aliphatic carbocycles. The van der Waals surface area contributed by atoms with Crippen molar-refractivity contribution in [2.24, 2.45) is 35.5 Å². The number of aromatic nitrogens is 3. The third kappa shape index (κ3) is 16.5. The number of rotatable bonds is 13. The van der Waals surface area contributed by atoms with Crippen LogP contribution < -0.4 is 15.5 Å². The lowest BCUT2D eigenvalue weighted by Crippen LogP contribution is -2.63. The van der Waals surface area contributed by atoms with Crippen molar-refractivity contribution < 1.29 is 68.2 Å². The van der Waals surface area contributed by atoms with Crippen molar-refractivity contribution in [2.45, 2.75) is 180 Å². The molecule has 14 atom stereocenters. The first-order chi connectivity index (χ1) is 41.9. The van der Waals surface area contributed by atoms with Crippen molar-refractivity contribution in [1.29, 1.82) is 0 Å². The number of nitrogens with zero attached hydrogens (tertiary/aromatic N) is 6. The van der Waals surface area contributed by atoms with E-state index in [4.69, 9.17) is 25.8 Å². The van der Waals surface area contributed by atoms with Crippen LogP contribution in [0.3, 0.4) is 0 Å². The Kier molecular flexibility index (Phi) is 23.3. The molecule has 3 saturated heterocycles. The lowest BCUT2D eigenvalue weighted by Gasteiger charge is -2.45. The molecule has 1 saturated carbocycles. The van der Waals surface area contributed by atoms with Gasteiger partial charge in [0.15, 0.2) is 5.13 Å². The van der Waals surface area contributed by atoms with Gasteiger partial charge in [0, 0.05) is 82.4 Å².